The molecule has 0 amide bonds. The van der Waals surface area contributed by atoms with E-state index in [2.05, 4.69) is 18.2 Å². The fourth-order valence-corrected chi connectivity index (χ4v) is 3.12. The van der Waals surface area contributed by atoms with Crippen LogP contribution in [0.5, 0.6) is 0 Å². The zero-order valence-corrected chi connectivity index (χ0v) is 11.3. The monoisotopic (exact) mass is 265 g/mol. The van der Waals surface area contributed by atoms with Crippen molar-refractivity contribution in [3.8, 4) is 6.07 Å². The molecule has 0 aromatic heterocycles. The summed E-state index contributed by atoms with van der Waals surface area (Å²) in [5.74, 6) is -0.230. The third kappa shape index (κ3) is 2.44. The number of aryl methyl sites for hydroxylation is 1. The van der Waals surface area contributed by atoms with Crippen LogP contribution in [0.2, 0.25) is 0 Å². The number of hydrogen-bond donors (Lipinski definition) is 0. The minimum absolute atomic E-state index is 0.230. The molecule has 1 atom stereocenters. The summed E-state index contributed by atoms with van der Waals surface area (Å²) in [4.78, 5) is 0. The Kier molecular flexibility index (Phi) is 3.28. The van der Waals surface area contributed by atoms with Gasteiger partial charge in [-0.1, -0.05) is 36.4 Å². The Hall–Kier alpha value is -2.14. The first kappa shape index (κ1) is 12.9. The van der Waals surface area contributed by atoms with Gasteiger partial charge in [0.05, 0.1) is 11.5 Å². The fourth-order valence-electron chi connectivity index (χ4n) is 3.12. The molecule has 1 aliphatic carbocycles. The van der Waals surface area contributed by atoms with Crippen LogP contribution in [0.3, 0.4) is 0 Å². The molecule has 1 nitrogen and oxygen atoms in total. The fraction of sp³-hybridized carbons (Fsp3) is 0.278. The number of fused-ring (bicyclic) bond motifs is 1. The summed E-state index contributed by atoms with van der Waals surface area (Å²) >= 11 is 0. The van der Waals surface area contributed by atoms with E-state index >= 15 is 0 Å². The molecule has 20 heavy (non-hydrogen) atoms. The van der Waals surface area contributed by atoms with E-state index in [9.17, 15) is 9.65 Å². The Morgan fingerprint density at radius 1 is 1.10 bits per heavy atom. The average molecular weight is 265 g/mol. The lowest BCUT2D eigenvalue weighted by molar-refractivity contribution is 0.339. The highest BCUT2D eigenvalue weighted by atomic mass is 19.1. The van der Waals surface area contributed by atoms with Gasteiger partial charge in [-0.15, -0.1) is 0 Å². The van der Waals surface area contributed by atoms with E-state index in [0.717, 1.165) is 24.8 Å². The van der Waals surface area contributed by atoms with Gasteiger partial charge in [-0.25, -0.2) is 4.39 Å². The Bertz CT molecular complexity index is 671. The van der Waals surface area contributed by atoms with Gasteiger partial charge in [-0.3, -0.25) is 0 Å². The van der Waals surface area contributed by atoms with Crippen LogP contribution in [0.4, 0.5) is 4.39 Å². The zero-order chi connectivity index (χ0) is 14.0. The summed E-state index contributed by atoms with van der Waals surface area (Å²) in [6.07, 6.45) is 3.15. The third-order valence-corrected chi connectivity index (χ3v) is 4.19. The maximum atomic E-state index is 13.3. The van der Waals surface area contributed by atoms with Crippen LogP contribution in [0.1, 0.15) is 23.1 Å². The summed E-state index contributed by atoms with van der Waals surface area (Å²) in [6.45, 7) is 0. The first-order valence-corrected chi connectivity index (χ1v) is 6.93. The Morgan fingerprint density at radius 3 is 2.65 bits per heavy atom. The molecule has 0 radical (unpaired) electrons. The molecule has 0 spiro atoms. The van der Waals surface area contributed by atoms with Crippen LogP contribution in [-0.4, -0.2) is 0 Å². The third-order valence-electron chi connectivity index (χ3n) is 4.19. The molecule has 100 valence electrons. The van der Waals surface area contributed by atoms with E-state index in [4.69, 9.17) is 0 Å². The lowest BCUT2D eigenvalue weighted by Crippen LogP contribution is -2.29. The first-order valence-electron chi connectivity index (χ1n) is 6.93. The summed E-state index contributed by atoms with van der Waals surface area (Å²) in [7, 11) is 0. The van der Waals surface area contributed by atoms with E-state index in [0.29, 0.717) is 6.42 Å². The molecule has 0 heterocycles. The van der Waals surface area contributed by atoms with Gasteiger partial charge in [0, 0.05) is 0 Å². The molecule has 2 heteroatoms. The number of halogens is 1. The van der Waals surface area contributed by atoms with Gasteiger partial charge in [0.25, 0.3) is 0 Å². The van der Waals surface area contributed by atoms with Gasteiger partial charge in [0.15, 0.2) is 0 Å². The van der Waals surface area contributed by atoms with Crippen molar-refractivity contribution in [2.24, 2.45) is 5.41 Å². The first-order chi connectivity index (χ1) is 9.71. The summed E-state index contributed by atoms with van der Waals surface area (Å²) in [6, 6.07) is 17.4. The van der Waals surface area contributed by atoms with E-state index in [1.165, 1.54) is 17.2 Å². The van der Waals surface area contributed by atoms with Gasteiger partial charge in [0.2, 0.25) is 0 Å². The SMILES string of the molecule is N#CC1(Cc2cccc(F)c2)CCc2ccccc2C1. The quantitative estimate of drug-likeness (QED) is 0.803. The van der Waals surface area contributed by atoms with Crippen LogP contribution in [0, 0.1) is 22.6 Å². The second kappa shape index (κ2) is 5.09. The highest BCUT2D eigenvalue weighted by molar-refractivity contribution is 5.34. The number of benzene rings is 2. The predicted molar refractivity (Wildman–Crippen MR) is 76.6 cm³/mol. The van der Waals surface area contributed by atoms with Crippen LogP contribution in [0.15, 0.2) is 48.5 Å². The molecule has 0 saturated heterocycles. The second-order valence-electron chi connectivity index (χ2n) is 5.64. The van der Waals surface area contributed by atoms with Crippen molar-refractivity contribution < 1.29 is 4.39 Å². The number of nitriles is 1. The van der Waals surface area contributed by atoms with Crippen molar-refractivity contribution in [2.45, 2.75) is 25.7 Å². The standard InChI is InChI=1S/C18H16FN/c19-17-7-3-4-14(10-17)11-18(13-20)9-8-15-5-1-2-6-16(15)12-18/h1-7,10H,8-9,11-12H2. The molecule has 0 saturated carbocycles. The molecule has 1 aliphatic rings. The molecule has 2 aromatic rings. The van der Waals surface area contributed by atoms with Gasteiger partial charge in [0.1, 0.15) is 5.82 Å². The minimum atomic E-state index is -0.401. The molecule has 2 aromatic carbocycles. The molecular weight excluding hydrogens is 249 g/mol. The maximum Gasteiger partial charge on any atom is 0.123 e. The van der Waals surface area contributed by atoms with Crippen molar-refractivity contribution in [2.75, 3.05) is 0 Å². The highest BCUT2D eigenvalue weighted by Crippen LogP contribution is 2.37. The minimum Gasteiger partial charge on any atom is -0.207 e. The van der Waals surface area contributed by atoms with Gasteiger partial charge >= 0.3 is 0 Å². The Morgan fingerprint density at radius 2 is 1.90 bits per heavy atom. The van der Waals surface area contributed by atoms with Crippen molar-refractivity contribution in [3.63, 3.8) is 0 Å². The second-order valence-corrected chi connectivity index (χ2v) is 5.64. The number of hydrogen-bond acceptors (Lipinski definition) is 1. The lowest BCUT2D eigenvalue weighted by Gasteiger charge is -2.32. The number of nitrogens with zero attached hydrogens (tertiary/aromatic N) is 1. The largest absolute Gasteiger partial charge is 0.207 e. The van der Waals surface area contributed by atoms with Gasteiger partial charge in [-0.05, 0) is 54.5 Å². The van der Waals surface area contributed by atoms with Gasteiger partial charge in [-0.2, -0.15) is 5.26 Å². The molecule has 0 fully saturated rings. The predicted octanol–water partition coefficient (Wildman–Crippen LogP) is 4.07. The van der Waals surface area contributed by atoms with E-state index in [1.54, 1.807) is 12.1 Å². The van der Waals surface area contributed by atoms with Crippen molar-refractivity contribution in [3.05, 3.63) is 71.0 Å². The van der Waals surface area contributed by atoms with Crippen LogP contribution in [0.25, 0.3) is 0 Å². The molecule has 0 aliphatic heterocycles. The topological polar surface area (TPSA) is 23.8 Å². The summed E-state index contributed by atoms with van der Waals surface area (Å²) < 4.78 is 13.3. The number of rotatable bonds is 2. The lowest BCUT2D eigenvalue weighted by atomic mass is 9.69. The van der Waals surface area contributed by atoms with E-state index in [1.807, 2.05) is 18.2 Å². The van der Waals surface area contributed by atoms with Crippen LogP contribution < -0.4 is 0 Å². The molecule has 0 N–H and O–H groups in total. The van der Waals surface area contributed by atoms with E-state index < -0.39 is 5.41 Å². The average Bonchev–Trinajstić information content (AvgIpc) is 2.47. The summed E-state index contributed by atoms with van der Waals surface area (Å²) in [5.41, 5.74) is 3.11. The molecule has 0 bridgehead atoms. The highest BCUT2D eigenvalue weighted by Gasteiger charge is 2.34. The van der Waals surface area contributed by atoms with Crippen molar-refractivity contribution in [1.29, 1.82) is 5.26 Å². The maximum absolute atomic E-state index is 13.3. The molecular formula is C18H16FN. The zero-order valence-electron chi connectivity index (χ0n) is 11.3. The molecule has 3 rings (SSSR count). The Labute approximate surface area is 118 Å². The summed E-state index contributed by atoms with van der Waals surface area (Å²) in [5, 5.41) is 9.65. The van der Waals surface area contributed by atoms with Crippen molar-refractivity contribution in [1.82, 2.24) is 0 Å². The van der Waals surface area contributed by atoms with Crippen LogP contribution in [-0.2, 0) is 19.3 Å². The molecule has 1 unspecified atom stereocenters. The smallest absolute Gasteiger partial charge is 0.123 e. The normalized spacial score (nSPS) is 21.0. The van der Waals surface area contributed by atoms with Crippen LogP contribution >= 0.6 is 0 Å². The van der Waals surface area contributed by atoms with Crippen molar-refractivity contribution >= 4 is 0 Å². The van der Waals surface area contributed by atoms with E-state index in [-0.39, 0.29) is 5.82 Å². The van der Waals surface area contributed by atoms with Gasteiger partial charge < -0.3 is 0 Å². The Balaban J connectivity index is 1.89.